The number of nitrogens with zero attached hydrogens (tertiary/aromatic N) is 3. The summed E-state index contributed by atoms with van der Waals surface area (Å²) in [6.45, 7) is 0. The first-order valence-corrected chi connectivity index (χ1v) is 20.3. The molecule has 1 aliphatic carbocycles. The maximum atomic E-state index is 6.36. The molecule has 5 heterocycles. The van der Waals surface area contributed by atoms with Crippen LogP contribution < -0.4 is 4.90 Å². The smallest absolute Gasteiger partial charge is 0.135 e. The summed E-state index contributed by atoms with van der Waals surface area (Å²) < 4.78 is 17.6. The van der Waals surface area contributed by atoms with Crippen LogP contribution in [0.25, 0.3) is 98.9 Å². The van der Waals surface area contributed by atoms with Crippen molar-refractivity contribution in [2.75, 3.05) is 4.90 Å². The van der Waals surface area contributed by atoms with Gasteiger partial charge in [-0.15, -0.1) is 0 Å². The quantitative estimate of drug-likeness (QED) is 0.180. The topological polar surface area (TPSA) is 39.4 Å². The zero-order chi connectivity index (χ0) is 38.3. The summed E-state index contributed by atoms with van der Waals surface area (Å²) >= 11 is 0. The third-order valence-corrected chi connectivity index (χ3v) is 13.0. The van der Waals surface area contributed by atoms with E-state index in [0.29, 0.717) is 0 Å². The van der Waals surface area contributed by atoms with Gasteiger partial charge in [0.15, 0.2) is 0 Å². The highest BCUT2D eigenvalue weighted by atomic mass is 16.3. The van der Waals surface area contributed by atoms with E-state index in [4.69, 9.17) is 8.83 Å². The van der Waals surface area contributed by atoms with Crippen molar-refractivity contribution >= 4 is 98.9 Å². The van der Waals surface area contributed by atoms with Gasteiger partial charge in [0.25, 0.3) is 0 Å². The largest absolute Gasteiger partial charge is 0.456 e. The van der Waals surface area contributed by atoms with Crippen molar-refractivity contribution in [2.24, 2.45) is 0 Å². The van der Waals surface area contributed by atoms with Crippen molar-refractivity contribution in [1.29, 1.82) is 0 Å². The Morgan fingerprint density at radius 2 is 0.898 bits per heavy atom. The SMILES string of the molecule is C1=CC2c3ccc4c5cc(-n6c7ccccc7c7ccccc76)ccc5n(-c5ccc6oc7ccccc7c6c5)c4c3N(c3ccc4oc5ccccc5c4c3)C2C=C1. The lowest BCUT2D eigenvalue weighted by molar-refractivity contribution is 0.668. The fourth-order valence-electron chi connectivity index (χ4n) is 10.5. The lowest BCUT2D eigenvalue weighted by atomic mass is 9.91. The summed E-state index contributed by atoms with van der Waals surface area (Å²) in [6.07, 6.45) is 9.15. The molecule has 12 aromatic rings. The molecule has 2 atom stereocenters. The van der Waals surface area contributed by atoms with Crippen LogP contribution in [0.3, 0.4) is 0 Å². The summed E-state index contributed by atoms with van der Waals surface area (Å²) in [4.78, 5) is 2.58. The Balaban J connectivity index is 1.10. The second kappa shape index (κ2) is 11.4. The molecule has 1 aliphatic heterocycles. The first-order valence-electron chi connectivity index (χ1n) is 20.3. The monoisotopic (exact) mass is 755 g/mol. The summed E-state index contributed by atoms with van der Waals surface area (Å²) in [5.41, 5.74) is 14.3. The number of furan rings is 2. The molecule has 0 saturated carbocycles. The van der Waals surface area contributed by atoms with Crippen molar-refractivity contribution in [2.45, 2.75) is 12.0 Å². The van der Waals surface area contributed by atoms with Gasteiger partial charge in [0.1, 0.15) is 22.3 Å². The molecule has 0 amide bonds. The number of fused-ring (bicyclic) bond motifs is 16. The molecule has 276 valence electrons. The molecule has 14 rings (SSSR count). The van der Waals surface area contributed by atoms with Gasteiger partial charge in [0.05, 0.1) is 33.8 Å². The number of anilines is 2. The Hall–Kier alpha value is -7.76. The molecule has 8 aromatic carbocycles. The molecule has 0 saturated heterocycles. The minimum Gasteiger partial charge on any atom is -0.456 e. The lowest BCUT2D eigenvalue weighted by Crippen LogP contribution is -2.28. The van der Waals surface area contributed by atoms with Gasteiger partial charge in [-0.1, -0.05) is 109 Å². The second-order valence-electron chi connectivity index (χ2n) is 16.0. The molecule has 2 unspecified atom stereocenters. The fourth-order valence-corrected chi connectivity index (χ4v) is 10.5. The summed E-state index contributed by atoms with van der Waals surface area (Å²) in [5, 5.41) is 9.41. The van der Waals surface area contributed by atoms with Gasteiger partial charge in [-0.25, -0.2) is 0 Å². The molecule has 59 heavy (non-hydrogen) atoms. The zero-order valence-corrected chi connectivity index (χ0v) is 31.7. The Morgan fingerprint density at radius 1 is 0.373 bits per heavy atom. The predicted molar refractivity (Wildman–Crippen MR) is 243 cm³/mol. The number of hydrogen-bond donors (Lipinski definition) is 0. The van der Waals surface area contributed by atoms with Gasteiger partial charge >= 0.3 is 0 Å². The highest BCUT2D eigenvalue weighted by Crippen LogP contribution is 2.53. The van der Waals surface area contributed by atoms with Crippen LogP contribution in [0.2, 0.25) is 0 Å². The average molecular weight is 756 g/mol. The van der Waals surface area contributed by atoms with E-state index in [2.05, 4.69) is 190 Å². The van der Waals surface area contributed by atoms with Crippen LogP contribution in [0, 0.1) is 0 Å². The Bertz CT molecular complexity index is 3780. The van der Waals surface area contributed by atoms with Crippen molar-refractivity contribution < 1.29 is 8.83 Å². The fraction of sp³-hybridized carbons (Fsp3) is 0.0370. The number of para-hydroxylation sites is 4. The molecule has 0 bridgehead atoms. The van der Waals surface area contributed by atoms with E-state index in [1.807, 2.05) is 12.1 Å². The van der Waals surface area contributed by atoms with E-state index in [0.717, 1.165) is 66.5 Å². The lowest BCUT2D eigenvalue weighted by Gasteiger charge is -2.29. The number of allylic oxidation sites excluding steroid dienone is 2. The van der Waals surface area contributed by atoms with Crippen molar-refractivity contribution in [3.63, 3.8) is 0 Å². The van der Waals surface area contributed by atoms with Crippen LogP contribution in [-0.4, -0.2) is 15.2 Å². The Morgan fingerprint density at radius 3 is 1.61 bits per heavy atom. The number of aromatic nitrogens is 2. The van der Waals surface area contributed by atoms with E-state index >= 15 is 0 Å². The molecule has 4 aromatic heterocycles. The predicted octanol–water partition coefficient (Wildman–Crippen LogP) is 14.4. The molecule has 5 heteroatoms. The second-order valence-corrected chi connectivity index (χ2v) is 16.0. The first kappa shape index (κ1) is 31.3. The van der Waals surface area contributed by atoms with Crippen LogP contribution in [0.4, 0.5) is 11.4 Å². The van der Waals surface area contributed by atoms with Crippen LogP contribution in [0.1, 0.15) is 11.5 Å². The number of benzene rings is 8. The minimum absolute atomic E-state index is 0.108. The third-order valence-electron chi connectivity index (χ3n) is 13.0. The summed E-state index contributed by atoms with van der Waals surface area (Å²) in [5.74, 6) is 0.191. The minimum atomic E-state index is 0.108. The Kier molecular flexibility index (Phi) is 6.07. The van der Waals surface area contributed by atoms with E-state index in [-0.39, 0.29) is 12.0 Å². The maximum Gasteiger partial charge on any atom is 0.135 e. The van der Waals surface area contributed by atoms with Crippen LogP contribution in [0.5, 0.6) is 0 Å². The van der Waals surface area contributed by atoms with Gasteiger partial charge in [0, 0.05) is 66.1 Å². The van der Waals surface area contributed by atoms with Crippen LogP contribution in [-0.2, 0) is 0 Å². The van der Waals surface area contributed by atoms with E-state index in [9.17, 15) is 0 Å². The maximum absolute atomic E-state index is 6.36. The zero-order valence-electron chi connectivity index (χ0n) is 31.7. The van der Waals surface area contributed by atoms with E-state index in [1.165, 1.54) is 49.3 Å². The number of hydrogen-bond acceptors (Lipinski definition) is 3. The van der Waals surface area contributed by atoms with Gasteiger partial charge in [-0.3, -0.25) is 0 Å². The van der Waals surface area contributed by atoms with Crippen molar-refractivity contribution in [3.05, 3.63) is 194 Å². The summed E-state index contributed by atoms with van der Waals surface area (Å²) in [6, 6.07) is 59.5. The van der Waals surface area contributed by atoms with E-state index in [1.54, 1.807) is 0 Å². The molecule has 0 spiro atoms. The highest BCUT2D eigenvalue weighted by Gasteiger charge is 2.40. The van der Waals surface area contributed by atoms with Crippen LogP contribution >= 0.6 is 0 Å². The number of rotatable bonds is 3. The molecular formula is C54H33N3O2. The standard InChI is InChI=1S/C54H33N3O2/c1-6-16-45-35(11-1)36-12-2-7-17-46(36)55(45)32-21-26-48-42(29-32)41-25-24-40-37-13-3-8-18-47(37)56(33-22-27-51-43(30-33)38-14-4-9-19-49(38)58-51)53(40)54(41)57(48)34-23-28-52-44(31-34)39-15-5-10-20-50(39)59-52/h1-31,37,47H. The van der Waals surface area contributed by atoms with Gasteiger partial charge in [-0.2, -0.15) is 0 Å². The highest BCUT2D eigenvalue weighted by molar-refractivity contribution is 6.17. The van der Waals surface area contributed by atoms with Crippen molar-refractivity contribution in [3.8, 4) is 11.4 Å². The molecule has 0 fully saturated rings. The molecule has 0 N–H and O–H groups in total. The first-order chi connectivity index (χ1) is 29.3. The Labute approximate surface area is 337 Å². The molecule has 5 nitrogen and oxygen atoms in total. The normalized spacial score (nSPS) is 16.3. The van der Waals surface area contributed by atoms with Crippen molar-refractivity contribution in [1.82, 2.24) is 9.13 Å². The van der Waals surface area contributed by atoms with Crippen LogP contribution in [0.15, 0.2) is 197 Å². The van der Waals surface area contributed by atoms with Gasteiger partial charge in [-0.05, 0) is 84.4 Å². The average Bonchev–Trinajstić information content (AvgIpc) is 4.09. The van der Waals surface area contributed by atoms with Gasteiger partial charge < -0.3 is 22.9 Å². The van der Waals surface area contributed by atoms with E-state index < -0.39 is 0 Å². The molecule has 0 radical (unpaired) electrons. The van der Waals surface area contributed by atoms with Gasteiger partial charge in [0.2, 0.25) is 0 Å². The third kappa shape index (κ3) is 4.18. The molecular weight excluding hydrogens is 723 g/mol. The molecule has 2 aliphatic rings. The summed E-state index contributed by atoms with van der Waals surface area (Å²) in [7, 11) is 0.